The molecule has 0 fully saturated rings. The molecule has 0 unspecified atom stereocenters. The molecule has 1 amide bonds. The molecule has 0 heterocycles. The number of carbonyl (C=O) groups is 1. The number of rotatable bonds is 8. The van der Waals surface area contributed by atoms with Crippen molar-refractivity contribution in [2.45, 2.75) is 11.3 Å². The third-order valence-electron chi connectivity index (χ3n) is 3.28. The first-order valence-corrected chi connectivity index (χ1v) is 8.96. The van der Waals surface area contributed by atoms with Crippen LogP contribution in [0, 0.1) is 0 Å². The molecule has 0 bridgehead atoms. The molecule has 0 radical (unpaired) electrons. The number of nitrogens with one attached hydrogen (secondary N) is 2. The van der Waals surface area contributed by atoms with E-state index in [9.17, 15) is 13.2 Å². The van der Waals surface area contributed by atoms with Gasteiger partial charge in [-0.3, -0.25) is 4.79 Å². The van der Waals surface area contributed by atoms with Crippen molar-refractivity contribution in [3.8, 4) is 0 Å². The molecule has 2 rings (SSSR count). The summed E-state index contributed by atoms with van der Waals surface area (Å²) >= 11 is 0. The van der Waals surface area contributed by atoms with Gasteiger partial charge in [0.05, 0.1) is 4.90 Å². The zero-order chi connectivity index (χ0) is 17.4. The van der Waals surface area contributed by atoms with Gasteiger partial charge in [0.2, 0.25) is 10.0 Å². The van der Waals surface area contributed by atoms with E-state index in [1.807, 2.05) is 18.2 Å². The van der Waals surface area contributed by atoms with Gasteiger partial charge in [-0.15, -0.1) is 0 Å². The van der Waals surface area contributed by atoms with Gasteiger partial charge >= 0.3 is 0 Å². The van der Waals surface area contributed by atoms with E-state index in [0.717, 1.165) is 0 Å². The number of carbonyl (C=O) groups excluding carboxylic acids is 1. The van der Waals surface area contributed by atoms with Gasteiger partial charge in [0, 0.05) is 31.5 Å². The maximum Gasteiger partial charge on any atom is 0.255 e. The molecule has 0 saturated heterocycles. The molecule has 6 nitrogen and oxygen atoms in total. The summed E-state index contributed by atoms with van der Waals surface area (Å²) in [7, 11) is -2.02. The standard InChI is InChI=1S/C17H20N2O4S/c1-23-13-5-12-18-24(21,22)16-10-8-14(9-11-16)17(20)19-15-6-3-2-4-7-15/h2-4,6-11,18H,5,12-13H2,1H3,(H,19,20). The number of hydrogen-bond acceptors (Lipinski definition) is 4. The van der Waals surface area contributed by atoms with Gasteiger partial charge in [0.25, 0.3) is 5.91 Å². The molecule has 0 atom stereocenters. The van der Waals surface area contributed by atoms with Crippen LogP contribution in [-0.2, 0) is 14.8 Å². The van der Waals surface area contributed by atoms with E-state index in [1.54, 1.807) is 19.2 Å². The Kier molecular flexibility index (Phi) is 6.48. The maximum absolute atomic E-state index is 12.1. The second-order valence-corrected chi connectivity index (χ2v) is 6.86. The van der Waals surface area contributed by atoms with Crippen molar-refractivity contribution < 1.29 is 17.9 Å². The summed E-state index contributed by atoms with van der Waals surface area (Å²) in [6, 6.07) is 14.9. The molecule has 0 aliphatic rings. The topological polar surface area (TPSA) is 84.5 Å². The van der Waals surface area contributed by atoms with Crippen LogP contribution < -0.4 is 10.0 Å². The van der Waals surface area contributed by atoms with Crippen LogP contribution in [0.4, 0.5) is 5.69 Å². The summed E-state index contributed by atoms with van der Waals surface area (Å²) in [5.74, 6) is -0.293. The minimum absolute atomic E-state index is 0.121. The SMILES string of the molecule is COCCCNS(=O)(=O)c1ccc(C(=O)Nc2ccccc2)cc1. The summed E-state index contributed by atoms with van der Waals surface area (Å²) in [6.45, 7) is 0.785. The third-order valence-corrected chi connectivity index (χ3v) is 4.75. The molecule has 24 heavy (non-hydrogen) atoms. The van der Waals surface area contributed by atoms with Crippen molar-refractivity contribution in [1.29, 1.82) is 0 Å². The van der Waals surface area contributed by atoms with E-state index in [0.29, 0.717) is 30.8 Å². The van der Waals surface area contributed by atoms with Gasteiger partial charge in [0.15, 0.2) is 0 Å². The van der Waals surface area contributed by atoms with Gasteiger partial charge in [-0.25, -0.2) is 13.1 Å². The average Bonchev–Trinajstić information content (AvgIpc) is 2.60. The normalized spacial score (nSPS) is 11.2. The van der Waals surface area contributed by atoms with Crippen molar-refractivity contribution in [2.75, 3.05) is 25.6 Å². The van der Waals surface area contributed by atoms with E-state index >= 15 is 0 Å². The summed E-state index contributed by atoms with van der Waals surface area (Å²) in [5.41, 5.74) is 1.07. The zero-order valence-corrected chi connectivity index (χ0v) is 14.2. The summed E-state index contributed by atoms with van der Waals surface area (Å²) in [5, 5.41) is 2.75. The highest BCUT2D eigenvalue weighted by Crippen LogP contribution is 2.13. The first-order valence-electron chi connectivity index (χ1n) is 7.48. The fourth-order valence-corrected chi connectivity index (χ4v) is 3.09. The predicted molar refractivity (Wildman–Crippen MR) is 92.5 cm³/mol. The van der Waals surface area contributed by atoms with Crippen molar-refractivity contribution in [3.63, 3.8) is 0 Å². The Morgan fingerprint density at radius 1 is 1.04 bits per heavy atom. The quantitative estimate of drug-likeness (QED) is 0.717. The predicted octanol–water partition coefficient (Wildman–Crippen LogP) is 2.25. The minimum Gasteiger partial charge on any atom is -0.385 e. The van der Waals surface area contributed by atoms with Gasteiger partial charge < -0.3 is 10.1 Å². The maximum atomic E-state index is 12.1. The summed E-state index contributed by atoms with van der Waals surface area (Å²) in [6.07, 6.45) is 0.591. The molecular weight excluding hydrogens is 328 g/mol. The molecule has 2 aromatic carbocycles. The van der Waals surface area contributed by atoms with Crippen LogP contribution in [-0.4, -0.2) is 34.6 Å². The second kappa shape index (κ2) is 8.58. The second-order valence-electron chi connectivity index (χ2n) is 5.09. The Hall–Kier alpha value is -2.22. The van der Waals surface area contributed by atoms with Gasteiger partial charge in [-0.1, -0.05) is 18.2 Å². The summed E-state index contributed by atoms with van der Waals surface area (Å²) < 4.78 is 31.6. The van der Waals surface area contributed by atoms with Crippen LogP contribution in [0.15, 0.2) is 59.5 Å². The van der Waals surface area contributed by atoms with Crippen LogP contribution in [0.3, 0.4) is 0 Å². The fourth-order valence-electron chi connectivity index (χ4n) is 2.02. The van der Waals surface area contributed by atoms with Crippen LogP contribution in [0.25, 0.3) is 0 Å². The van der Waals surface area contributed by atoms with Crippen molar-refractivity contribution in [3.05, 3.63) is 60.2 Å². The van der Waals surface area contributed by atoms with E-state index in [4.69, 9.17) is 4.74 Å². The molecule has 128 valence electrons. The van der Waals surface area contributed by atoms with Crippen LogP contribution in [0.1, 0.15) is 16.8 Å². The molecular formula is C17H20N2O4S. The largest absolute Gasteiger partial charge is 0.385 e. The first-order chi connectivity index (χ1) is 11.5. The van der Waals surface area contributed by atoms with E-state index in [1.165, 1.54) is 24.3 Å². The average molecular weight is 348 g/mol. The van der Waals surface area contributed by atoms with E-state index in [-0.39, 0.29) is 10.8 Å². The van der Waals surface area contributed by atoms with Crippen LogP contribution in [0.2, 0.25) is 0 Å². The number of sulfonamides is 1. The Labute approximate surface area is 141 Å². The highest BCUT2D eigenvalue weighted by Gasteiger charge is 2.14. The van der Waals surface area contributed by atoms with Gasteiger partial charge in [0.1, 0.15) is 0 Å². The highest BCUT2D eigenvalue weighted by molar-refractivity contribution is 7.89. The lowest BCUT2D eigenvalue weighted by Gasteiger charge is -2.08. The van der Waals surface area contributed by atoms with Crippen LogP contribution in [0.5, 0.6) is 0 Å². The minimum atomic E-state index is -3.58. The Morgan fingerprint density at radius 3 is 2.33 bits per heavy atom. The molecule has 0 spiro atoms. The molecule has 0 aliphatic carbocycles. The van der Waals surface area contributed by atoms with Crippen molar-refractivity contribution in [1.82, 2.24) is 4.72 Å². The molecule has 7 heteroatoms. The number of para-hydroxylation sites is 1. The van der Waals surface area contributed by atoms with E-state index < -0.39 is 10.0 Å². The first kappa shape index (κ1) is 18.1. The van der Waals surface area contributed by atoms with Crippen molar-refractivity contribution >= 4 is 21.6 Å². The Bertz CT molecular complexity index is 759. The van der Waals surface area contributed by atoms with Crippen LogP contribution >= 0.6 is 0 Å². The van der Waals surface area contributed by atoms with Crippen molar-refractivity contribution in [2.24, 2.45) is 0 Å². The zero-order valence-electron chi connectivity index (χ0n) is 13.4. The number of benzene rings is 2. The molecule has 0 saturated carbocycles. The lowest BCUT2D eigenvalue weighted by Crippen LogP contribution is -2.25. The molecule has 0 aliphatic heterocycles. The summed E-state index contributed by atoms with van der Waals surface area (Å²) in [4.78, 5) is 12.3. The highest BCUT2D eigenvalue weighted by atomic mass is 32.2. The monoisotopic (exact) mass is 348 g/mol. The third kappa shape index (κ3) is 5.16. The van der Waals surface area contributed by atoms with Gasteiger partial charge in [-0.05, 0) is 42.8 Å². The number of ether oxygens (including phenoxy) is 1. The number of anilines is 1. The Morgan fingerprint density at radius 2 is 1.71 bits per heavy atom. The molecule has 2 N–H and O–H groups in total. The fraction of sp³-hybridized carbons (Fsp3) is 0.235. The molecule has 2 aromatic rings. The van der Waals surface area contributed by atoms with E-state index in [2.05, 4.69) is 10.0 Å². The smallest absolute Gasteiger partial charge is 0.255 e. The number of hydrogen-bond donors (Lipinski definition) is 2. The lowest BCUT2D eigenvalue weighted by atomic mass is 10.2. The van der Waals surface area contributed by atoms with Gasteiger partial charge in [-0.2, -0.15) is 0 Å². The number of amides is 1. The molecule has 0 aromatic heterocycles. The Balaban J connectivity index is 2.00. The lowest BCUT2D eigenvalue weighted by molar-refractivity contribution is 0.102. The number of methoxy groups -OCH3 is 1.